The number of amides is 2. The molecule has 11 heteroatoms. The van der Waals surface area contributed by atoms with Gasteiger partial charge >= 0.3 is 5.69 Å². The summed E-state index contributed by atoms with van der Waals surface area (Å²) >= 11 is 0. The van der Waals surface area contributed by atoms with Crippen LogP contribution in [-0.4, -0.2) is 60.5 Å². The maximum atomic E-state index is 12.5. The number of anilines is 1. The van der Waals surface area contributed by atoms with Crippen LogP contribution >= 0.6 is 0 Å². The van der Waals surface area contributed by atoms with E-state index in [0.717, 1.165) is 5.69 Å². The molecule has 1 fully saturated rings. The van der Waals surface area contributed by atoms with E-state index in [-0.39, 0.29) is 37.7 Å². The minimum absolute atomic E-state index is 0.0417. The Hall–Kier alpha value is -3.34. The summed E-state index contributed by atoms with van der Waals surface area (Å²) in [6.45, 7) is 5.21. The molecule has 0 aliphatic carbocycles. The number of aliphatic hydroxyl groups is 1. The van der Waals surface area contributed by atoms with Crippen molar-refractivity contribution < 1.29 is 14.7 Å². The molecule has 2 aromatic heterocycles. The van der Waals surface area contributed by atoms with E-state index >= 15 is 0 Å². The Morgan fingerprint density at radius 2 is 1.93 bits per heavy atom. The number of hydrogen-bond acceptors (Lipinski definition) is 7. The lowest BCUT2D eigenvalue weighted by atomic mass is 10.2. The number of β-amino-alcohol motifs (C(OH)–C–C–N with tert-alkyl or cyclic N) is 1. The van der Waals surface area contributed by atoms with Gasteiger partial charge in [0.15, 0.2) is 0 Å². The van der Waals surface area contributed by atoms with Crippen molar-refractivity contribution in [3.8, 4) is 0 Å². The molecule has 0 saturated carbocycles. The van der Waals surface area contributed by atoms with Crippen LogP contribution in [0.5, 0.6) is 0 Å². The predicted molar refractivity (Wildman–Crippen MR) is 107 cm³/mol. The molecule has 11 nitrogen and oxygen atoms in total. The van der Waals surface area contributed by atoms with Crippen LogP contribution in [0.4, 0.5) is 5.82 Å². The number of rotatable bonds is 5. The Morgan fingerprint density at radius 3 is 2.63 bits per heavy atom. The first-order valence-corrected chi connectivity index (χ1v) is 9.54. The standard InChI is InChI=1S/C19H24N6O5/c1-10-7-25(19(30)23-18(10)29)13-8-24(9-14(13)26)17(28)5-4-16(27)22-15-6-11(2)20-12(3)21-15/h6-7,13-14,26H,4-5,8-9H2,1-3H3,(H,23,29,30)(H,20,21,22,27)/t13-,14-/m1/s1. The maximum Gasteiger partial charge on any atom is 0.328 e. The van der Waals surface area contributed by atoms with Crippen LogP contribution < -0.4 is 16.6 Å². The van der Waals surface area contributed by atoms with Crippen LogP contribution in [0.3, 0.4) is 0 Å². The molecule has 1 aliphatic rings. The summed E-state index contributed by atoms with van der Waals surface area (Å²) in [5, 5.41) is 13.0. The van der Waals surface area contributed by atoms with Gasteiger partial charge in [0, 0.05) is 49.5 Å². The van der Waals surface area contributed by atoms with Gasteiger partial charge < -0.3 is 15.3 Å². The number of aliphatic hydroxyl groups excluding tert-OH is 1. The van der Waals surface area contributed by atoms with Crippen LogP contribution in [0.15, 0.2) is 21.9 Å². The smallest absolute Gasteiger partial charge is 0.328 e. The molecule has 1 aliphatic heterocycles. The highest BCUT2D eigenvalue weighted by atomic mass is 16.3. The molecule has 0 unspecified atom stereocenters. The molecule has 2 atom stereocenters. The molecule has 3 heterocycles. The minimum Gasteiger partial charge on any atom is -0.389 e. The number of H-pyrrole nitrogens is 1. The van der Waals surface area contributed by atoms with Crippen LogP contribution in [0.25, 0.3) is 0 Å². The highest BCUT2D eigenvalue weighted by Gasteiger charge is 2.35. The Bertz CT molecular complexity index is 1070. The predicted octanol–water partition coefficient (Wildman–Crippen LogP) is -0.585. The van der Waals surface area contributed by atoms with Gasteiger partial charge in [-0.2, -0.15) is 0 Å². The molecular weight excluding hydrogens is 392 g/mol. The van der Waals surface area contributed by atoms with Crippen molar-refractivity contribution in [2.24, 2.45) is 0 Å². The van der Waals surface area contributed by atoms with Crippen molar-refractivity contribution in [3.05, 3.63) is 50.2 Å². The number of nitrogens with zero attached hydrogens (tertiary/aromatic N) is 4. The van der Waals surface area contributed by atoms with E-state index in [9.17, 15) is 24.3 Å². The van der Waals surface area contributed by atoms with Gasteiger partial charge in [-0.1, -0.05) is 0 Å². The van der Waals surface area contributed by atoms with Gasteiger partial charge in [0.2, 0.25) is 11.8 Å². The molecule has 30 heavy (non-hydrogen) atoms. The van der Waals surface area contributed by atoms with E-state index in [2.05, 4.69) is 20.3 Å². The van der Waals surface area contributed by atoms with Gasteiger partial charge in [0.05, 0.1) is 12.1 Å². The third kappa shape index (κ3) is 4.79. The second kappa shape index (κ2) is 8.57. The van der Waals surface area contributed by atoms with Gasteiger partial charge in [-0.25, -0.2) is 14.8 Å². The maximum absolute atomic E-state index is 12.5. The lowest BCUT2D eigenvalue weighted by molar-refractivity contribution is -0.132. The molecule has 0 bridgehead atoms. The summed E-state index contributed by atoms with van der Waals surface area (Å²) in [5.41, 5.74) is -0.0762. The van der Waals surface area contributed by atoms with Gasteiger partial charge in [-0.15, -0.1) is 0 Å². The average molecular weight is 416 g/mol. The van der Waals surface area contributed by atoms with Gasteiger partial charge in [-0.3, -0.25) is 23.9 Å². The number of aryl methyl sites for hydroxylation is 3. The largest absolute Gasteiger partial charge is 0.389 e. The van der Waals surface area contributed by atoms with E-state index in [0.29, 0.717) is 17.2 Å². The number of hydrogen-bond donors (Lipinski definition) is 3. The first-order chi connectivity index (χ1) is 14.1. The van der Waals surface area contributed by atoms with Crippen molar-refractivity contribution in [1.82, 2.24) is 24.4 Å². The summed E-state index contributed by atoms with van der Waals surface area (Å²) < 4.78 is 1.24. The number of carbonyl (C=O) groups excluding carboxylic acids is 2. The third-order valence-corrected chi connectivity index (χ3v) is 4.91. The minimum atomic E-state index is -0.960. The lowest BCUT2D eigenvalue weighted by Gasteiger charge is -2.17. The molecule has 2 amide bonds. The number of carbonyl (C=O) groups is 2. The first kappa shape index (κ1) is 21.4. The van der Waals surface area contributed by atoms with Gasteiger partial charge in [0.25, 0.3) is 5.56 Å². The van der Waals surface area contributed by atoms with E-state index < -0.39 is 23.4 Å². The Balaban J connectivity index is 1.59. The fourth-order valence-corrected chi connectivity index (χ4v) is 3.44. The van der Waals surface area contributed by atoms with E-state index in [1.165, 1.54) is 15.7 Å². The Morgan fingerprint density at radius 1 is 1.20 bits per heavy atom. The van der Waals surface area contributed by atoms with Crippen molar-refractivity contribution >= 4 is 17.6 Å². The molecule has 3 rings (SSSR count). The van der Waals surface area contributed by atoms with E-state index in [4.69, 9.17) is 0 Å². The number of aromatic nitrogens is 4. The Kier molecular flexibility index (Phi) is 6.11. The fraction of sp³-hybridized carbons (Fsp3) is 0.474. The van der Waals surface area contributed by atoms with E-state index in [1.54, 1.807) is 26.8 Å². The first-order valence-electron chi connectivity index (χ1n) is 9.54. The highest BCUT2D eigenvalue weighted by Crippen LogP contribution is 2.22. The number of nitrogens with one attached hydrogen (secondary N) is 2. The second-order valence-corrected chi connectivity index (χ2v) is 7.40. The highest BCUT2D eigenvalue weighted by molar-refractivity contribution is 5.92. The summed E-state index contributed by atoms with van der Waals surface area (Å²) in [6.07, 6.45) is 0.323. The zero-order valence-electron chi connectivity index (χ0n) is 17.0. The SMILES string of the molecule is Cc1cc(NC(=O)CCC(=O)N2C[C@@H](O)[C@H](n3cc(C)c(=O)[nH]c3=O)C2)nc(C)n1. The van der Waals surface area contributed by atoms with Crippen LogP contribution in [-0.2, 0) is 9.59 Å². The van der Waals surface area contributed by atoms with Gasteiger partial charge in [0.1, 0.15) is 11.6 Å². The van der Waals surface area contributed by atoms with Gasteiger partial charge in [-0.05, 0) is 20.8 Å². The number of aromatic amines is 1. The zero-order valence-corrected chi connectivity index (χ0v) is 17.0. The number of likely N-dealkylation sites (tertiary alicyclic amines) is 1. The fourth-order valence-electron chi connectivity index (χ4n) is 3.44. The van der Waals surface area contributed by atoms with Crippen LogP contribution in [0.2, 0.25) is 0 Å². The topological polar surface area (TPSA) is 150 Å². The Labute approximate surface area is 171 Å². The summed E-state index contributed by atoms with van der Waals surface area (Å²) in [7, 11) is 0. The summed E-state index contributed by atoms with van der Waals surface area (Å²) in [4.78, 5) is 60.1. The van der Waals surface area contributed by atoms with E-state index in [1.807, 2.05) is 0 Å². The molecule has 3 N–H and O–H groups in total. The van der Waals surface area contributed by atoms with Crippen LogP contribution in [0, 0.1) is 20.8 Å². The summed E-state index contributed by atoms with van der Waals surface area (Å²) in [5.74, 6) is 0.244. The molecule has 0 spiro atoms. The normalized spacial score (nSPS) is 18.5. The van der Waals surface area contributed by atoms with Crippen molar-refractivity contribution in [3.63, 3.8) is 0 Å². The summed E-state index contributed by atoms with van der Waals surface area (Å²) in [6, 6.07) is 0.968. The average Bonchev–Trinajstić information content (AvgIpc) is 3.03. The van der Waals surface area contributed by atoms with Crippen molar-refractivity contribution in [2.75, 3.05) is 18.4 Å². The van der Waals surface area contributed by atoms with Crippen molar-refractivity contribution in [1.29, 1.82) is 0 Å². The quantitative estimate of drug-likeness (QED) is 0.590. The molecular formula is C19H24N6O5. The van der Waals surface area contributed by atoms with Crippen LogP contribution in [0.1, 0.15) is 36.0 Å². The molecule has 0 radical (unpaired) electrons. The molecule has 2 aromatic rings. The molecule has 1 saturated heterocycles. The van der Waals surface area contributed by atoms with Crippen molar-refractivity contribution in [2.45, 2.75) is 45.8 Å². The zero-order chi connectivity index (χ0) is 22.0. The lowest BCUT2D eigenvalue weighted by Crippen LogP contribution is -2.37. The monoisotopic (exact) mass is 416 g/mol. The third-order valence-electron chi connectivity index (χ3n) is 4.91. The second-order valence-electron chi connectivity index (χ2n) is 7.40. The molecule has 160 valence electrons. The molecule has 0 aromatic carbocycles.